The number of amidine groups is 1. The maximum atomic E-state index is 12.5. The van der Waals surface area contributed by atoms with Gasteiger partial charge < -0.3 is 10.9 Å². The van der Waals surface area contributed by atoms with Gasteiger partial charge in [-0.15, -0.1) is 0 Å². The normalized spacial score (nSPS) is 15.8. The molecule has 1 rings (SSSR count). The Morgan fingerprint density at radius 3 is 2.33 bits per heavy atom. The highest BCUT2D eigenvalue weighted by Crippen LogP contribution is 2.33. The van der Waals surface area contributed by atoms with Gasteiger partial charge in [-0.05, 0) is 25.5 Å². The van der Waals surface area contributed by atoms with Gasteiger partial charge in [0.15, 0.2) is 5.84 Å². The zero-order valence-corrected chi connectivity index (χ0v) is 15.1. The van der Waals surface area contributed by atoms with Crippen LogP contribution in [0.25, 0.3) is 0 Å². The molecule has 0 heterocycles. The fourth-order valence-electron chi connectivity index (χ4n) is 1.55. The lowest BCUT2D eigenvalue weighted by molar-refractivity contribution is 0.310. The predicted molar refractivity (Wildman–Crippen MR) is 86.6 cm³/mol. The topological polar surface area (TPSA) is 105 Å². The van der Waals surface area contributed by atoms with E-state index in [1.807, 2.05) is 0 Å². The molecule has 0 amide bonds. The number of sulfonamides is 1. The number of nitrogens with zero attached hydrogens (tertiary/aromatic N) is 1. The lowest BCUT2D eigenvalue weighted by Gasteiger charge is -2.28. The summed E-state index contributed by atoms with van der Waals surface area (Å²) in [5.41, 5.74) is 4.28. The zero-order chi connectivity index (χ0) is 16.4. The molecule has 1 unspecified atom stereocenters. The molecule has 118 valence electrons. The molecule has 0 saturated carbocycles. The van der Waals surface area contributed by atoms with Crippen molar-refractivity contribution in [2.24, 2.45) is 10.9 Å². The number of hydrogen-bond donors (Lipinski definition) is 3. The summed E-state index contributed by atoms with van der Waals surface area (Å²) in [5.74, 6) is -0.266. The standard InChI is InChI=1S/C11H14BrCl2N3O3S/c1-3-11(2,10(15)16-18)17-21(19,20)9-7(13)4-6(12)5-8(9)14/h4-5,17-18H,3H2,1-2H3,(H2,15,16). The Morgan fingerprint density at radius 1 is 1.48 bits per heavy atom. The van der Waals surface area contributed by atoms with E-state index in [1.54, 1.807) is 6.92 Å². The molecule has 1 aromatic carbocycles. The van der Waals surface area contributed by atoms with Crippen molar-refractivity contribution in [1.29, 1.82) is 0 Å². The Balaban J connectivity index is 3.37. The lowest BCUT2D eigenvalue weighted by atomic mass is 10.00. The fraction of sp³-hybridized carbons (Fsp3) is 0.364. The first kappa shape index (κ1) is 18.5. The van der Waals surface area contributed by atoms with Crippen LogP contribution in [0.5, 0.6) is 0 Å². The molecule has 0 radical (unpaired) electrons. The number of oxime groups is 1. The van der Waals surface area contributed by atoms with Gasteiger partial charge in [0.25, 0.3) is 0 Å². The second kappa shape index (κ2) is 6.70. The second-order valence-corrected chi connectivity index (χ2v) is 7.82. The van der Waals surface area contributed by atoms with Crippen molar-refractivity contribution in [2.75, 3.05) is 0 Å². The van der Waals surface area contributed by atoms with Crippen molar-refractivity contribution in [3.63, 3.8) is 0 Å². The van der Waals surface area contributed by atoms with Gasteiger partial charge in [-0.3, -0.25) is 0 Å². The van der Waals surface area contributed by atoms with Gasteiger partial charge in [0, 0.05) is 4.47 Å². The Morgan fingerprint density at radius 2 is 1.95 bits per heavy atom. The molecule has 0 aliphatic rings. The van der Waals surface area contributed by atoms with Gasteiger partial charge >= 0.3 is 0 Å². The minimum atomic E-state index is -4.07. The van der Waals surface area contributed by atoms with E-state index in [2.05, 4.69) is 25.8 Å². The van der Waals surface area contributed by atoms with Crippen molar-refractivity contribution in [2.45, 2.75) is 30.7 Å². The van der Waals surface area contributed by atoms with Crippen LogP contribution in [0, 0.1) is 0 Å². The van der Waals surface area contributed by atoms with Gasteiger partial charge in [-0.1, -0.05) is 51.2 Å². The summed E-state index contributed by atoms with van der Waals surface area (Å²) < 4.78 is 27.9. The molecule has 21 heavy (non-hydrogen) atoms. The molecule has 4 N–H and O–H groups in total. The average molecular weight is 419 g/mol. The van der Waals surface area contributed by atoms with Crippen molar-refractivity contribution in [1.82, 2.24) is 4.72 Å². The van der Waals surface area contributed by atoms with Crippen molar-refractivity contribution < 1.29 is 13.6 Å². The number of halogens is 3. The van der Waals surface area contributed by atoms with Crippen molar-refractivity contribution in [3.8, 4) is 0 Å². The highest BCUT2D eigenvalue weighted by Gasteiger charge is 2.35. The van der Waals surface area contributed by atoms with Gasteiger partial charge in [-0.25, -0.2) is 8.42 Å². The summed E-state index contributed by atoms with van der Waals surface area (Å²) in [4.78, 5) is -0.264. The molecule has 0 aliphatic heterocycles. The van der Waals surface area contributed by atoms with E-state index in [9.17, 15) is 8.42 Å². The number of nitrogens with two attached hydrogens (primary N) is 1. The highest BCUT2D eigenvalue weighted by molar-refractivity contribution is 9.10. The minimum absolute atomic E-state index is 0.0418. The van der Waals surface area contributed by atoms with Crippen LogP contribution < -0.4 is 10.5 Å². The van der Waals surface area contributed by atoms with Crippen LogP contribution in [0.2, 0.25) is 10.0 Å². The van der Waals surface area contributed by atoms with E-state index in [0.717, 1.165) is 0 Å². The maximum Gasteiger partial charge on any atom is 0.244 e. The monoisotopic (exact) mass is 417 g/mol. The van der Waals surface area contributed by atoms with Crippen LogP contribution in [0.4, 0.5) is 0 Å². The van der Waals surface area contributed by atoms with Crippen LogP contribution in [0.3, 0.4) is 0 Å². The lowest BCUT2D eigenvalue weighted by Crippen LogP contribution is -2.54. The predicted octanol–water partition coefficient (Wildman–Crippen LogP) is 2.95. The number of nitrogens with one attached hydrogen (secondary N) is 1. The third-order valence-corrected chi connectivity index (χ3v) is 5.95. The summed E-state index contributed by atoms with van der Waals surface area (Å²) in [6, 6.07) is 2.82. The Kier molecular flexibility index (Phi) is 5.91. The molecule has 0 bridgehead atoms. The molecule has 0 spiro atoms. The molecule has 0 aliphatic carbocycles. The van der Waals surface area contributed by atoms with Crippen LogP contribution in [-0.2, 0) is 10.0 Å². The van der Waals surface area contributed by atoms with Gasteiger partial charge in [-0.2, -0.15) is 4.72 Å². The molecule has 1 atom stereocenters. The summed E-state index contributed by atoms with van der Waals surface area (Å²) in [7, 11) is -4.07. The minimum Gasteiger partial charge on any atom is -0.409 e. The summed E-state index contributed by atoms with van der Waals surface area (Å²) >= 11 is 15.1. The van der Waals surface area contributed by atoms with Crippen LogP contribution in [0.1, 0.15) is 20.3 Å². The first-order valence-corrected chi connectivity index (χ1v) is 8.77. The Bertz CT molecular complexity index is 658. The number of benzene rings is 1. The number of hydrogen-bond acceptors (Lipinski definition) is 4. The molecule has 1 aromatic rings. The average Bonchev–Trinajstić information content (AvgIpc) is 2.35. The van der Waals surface area contributed by atoms with E-state index in [-0.39, 0.29) is 27.2 Å². The number of rotatable bonds is 5. The quantitative estimate of drug-likeness (QED) is 0.296. The molecule has 6 nitrogen and oxygen atoms in total. The Hall–Kier alpha value is -0.540. The molecule has 10 heteroatoms. The van der Waals surface area contributed by atoms with E-state index in [4.69, 9.17) is 34.1 Å². The SMILES string of the molecule is CCC(C)(NS(=O)(=O)c1c(Cl)cc(Br)cc1Cl)/C(N)=N/O. The first-order valence-electron chi connectivity index (χ1n) is 5.74. The first-order chi connectivity index (χ1) is 9.57. The van der Waals surface area contributed by atoms with Crippen molar-refractivity contribution >= 4 is 55.0 Å². The second-order valence-electron chi connectivity index (χ2n) is 4.47. The molecular weight excluding hydrogens is 405 g/mol. The zero-order valence-electron chi connectivity index (χ0n) is 11.2. The van der Waals surface area contributed by atoms with Crippen LogP contribution >= 0.6 is 39.1 Å². The summed E-state index contributed by atoms with van der Waals surface area (Å²) in [6.45, 7) is 3.17. The van der Waals surface area contributed by atoms with Gasteiger partial charge in [0.1, 0.15) is 4.90 Å². The third-order valence-electron chi connectivity index (χ3n) is 2.97. The highest BCUT2D eigenvalue weighted by atomic mass is 79.9. The smallest absolute Gasteiger partial charge is 0.244 e. The molecule has 0 fully saturated rings. The van der Waals surface area contributed by atoms with Crippen LogP contribution in [-0.4, -0.2) is 25.0 Å². The maximum absolute atomic E-state index is 12.5. The van der Waals surface area contributed by atoms with Crippen molar-refractivity contribution in [3.05, 3.63) is 26.7 Å². The summed E-state index contributed by atoms with van der Waals surface area (Å²) in [6.07, 6.45) is 0.258. The third kappa shape index (κ3) is 4.01. The molecule has 0 saturated heterocycles. The largest absolute Gasteiger partial charge is 0.409 e. The fourth-order valence-corrected chi connectivity index (χ4v) is 4.94. The van der Waals surface area contributed by atoms with Crippen LogP contribution in [0.15, 0.2) is 26.7 Å². The Labute approximate surface area is 141 Å². The van der Waals surface area contributed by atoms with E-state index in [0.29, 0.717) is 4.47 Å². The van der Waals surface area contributed by atoms with Gasteiger partial charge in [0.05, 0.1) is 15.6 Å². The molecular formula is C11H14BrCl2N3O3S. The summed E-state index contributed by atoms with van der Waals surface area (Å²) in [5, 5.41) is 11.6. The molecule has 0 aromatic heterocycles. The van der Waals surface area contributed by atoms with E-state index < -0.39 is 15.6 Å². The van der Waals surface area contributed by atoms with Gasteiger partial charge in [0.2, 0.25) is 10.0 Å². The van der Waals surface area contributed by atoms with E-state index in [1.165, 1.54) is 19.1 Å². The van der Waals surface area contributed by atoms with E-state index >= 15 is 0 Å².